The van der Waals surface area contributed by atoms with Crippen molar-refractivity contribution in [3.05, 3.63) is 22.7 Å². The van der Waals surface area contributed by atoms with Crippen molar-refractivity contribution in [2.45, 2.75) is 78.1 Å². The van der Waals surface area contributed by atoms with Crippen molar-refractivity contribution in [3.63, 3.8) is 0 Å². The molecule has 1 aromatic rings. The lowest BCUT2D eigenvalue weighted by Gasteiger charge is -2.32. The van der Waals surface area contributed by atoms with E-state index in [9.17, 15) is 4.79 Å². The summed E-state index contributed by atoms with van der Waals surface area (Å²) in [6.07, 6.45) is 0.855. The van der Waals surface area contributed by atoms with Crippen molar-refractivity contribution >= 4 is 5.82 Å². The summed E-state index contributed by atoms with van der Waals surface area (Å²) in [4.78, 5) is 16.1. The minimum absolute atomic E-state index is 0.0433. The summed E-state index contributed by atoms with van der Waals surface area (Å²) in [6, 6.07) is 1.58. The predicted molar refractivity (Wildman–Crippen MR) is 96.3 cm³/mol. The van der Waals surface area contributed by atoms with E-state index < -0.39 is 18.0 Å². The minimum atomic E-state index is -0.606. The molecule has 0 radical (unpaired) electrons. The van der Waals surface area contributed by atoms with E-state index in [1.165, 1.54) is 4.57 Å². The molecule has 1 fully saturated rings. The van der Waals surface area contributed by atoms with Gasteiger partial charge >= 0.3 is 5.69 Å². The Bertz CT molecular complexity index is 645. The van der Waals surface area contributed by atoms with E-state index in [1.54, 1.807) is 19.4 Å². The van der Waals surface area contributed by atoms with Gasteiger partial charge in [0.1, 0.15) is 18.0 Å². The van der Waals surface area contributed by atoms with Crippen LogP contribution in [0.4, 0.5) is 5.82 Å². The number of nitrogens with zero attached hydrogens (tertiary/aromatic N) is 2. The summed E-state index contributed by atoms with van der Waals surface area (Å²) in [7, 11) is 1.61. The molecule has 7 heteroatoms. The fourth-order valence-electron chi connectivity index (χ4n) is 3.12. The van der Waals surface area contributed by atoms with Crippen LogP contribution in [0.5, 0.6) is 0 Å². The highest BCUT2D eigenvalue weighted by atomic mass is 16.6. The molecule has 1 aliphatic heterocycles. The molecule has 0 saturated carbocycles. The van der Waals surface area contributed by atoms with Gasteiger partial charge in [-0.2, -0.15) is 4.98 Å². The molecule has 0 bridgehead atoms. The average molecular weight is 353 g/mol. The number of nitrogens with two attached hydrogens (primary N) is 1. The van der Waals surface area contributed by atoms with Gasteiger partial charge in [0.2, 0.25) is 0 Å². The van der Waals surface area contributed by atoms with Gasteiger partial charge in [0, 0.05) is 13.3 Å². The largest absolute Gasteiger partial charge is 0.383 e. The van der Waals surface area contributed by atoms with Crippen molar-refractivity contribution in [1.82, 2.24) is 9.55 Å². The number of methoxy groups -OCH3 is 1. The van der Waals surface area contributed by atoms with E-state index in [0.29, 0.717) is 0 Å². The van der Waals surface area contributed by atoms with Crippen molar-refractivity contribution in [2.75, 3.05) is 12.8 Å². The first-order valence-corrected chi connectivity index (χ1v) is 8.62. The molecule has 0 aliphatic carbocycles. The number of anilines is 1. The van der Waals surface area contributed by atoms with Crippen LogP contribution in [0.1, 0.15) is 54.2 Å². The number of hydrogen-bond donors (Lipinski definition) is 1. The molecule has 25 heavy (non-hydrogen) atoms. The smallest absolute Gasteiger partial charge is 0.351 e. The van der Waals surface area contributed by atoms with Crippen molar-refractivity contribution in [3.8, 4) is 0 Å². The molecule has 2 N–H and O–H groups in total. The van der Waals surface area contributed by atoms with Crippen LogP contribution in [-0.2, 0) is 14.2 Å². The molecular formula is C18H31N3O4. The summed E-state index contributed by atoms with van der Waals surface area (Å²) in [5, 5.41) is 0. The molecule has 2 heterocycles. The Hall–Kier alpha value is -1.44. The van der Waals surface area contributed by atoms with Gasteiger partial charge in [0.15, 0.2) is 6.23 Å². The standard InChI is InChI=1S/C18H31N3O4/c1-17(2,3)10-11-13(25-18(4,5)6)14(23-7)15(24-11)21-9-8-12(19)20-16(21)22/h8-9,11,13-15H,10H2,1-7H3,(H2,19,20,22)/t11-,13+,14?,15-/m1/s1. The topological polar surface area (TPSA) is 88.6 Å². The van der Waals surface area contributed by atoms with Gasteiger partial charge in [-0.15, -0.1) is 0 Å². The highest BCUT2D eigenvalue weighted by Gasteiger charge is 2.49. The first kappa shape index (κ1) is 19.9. The van der Waals surface area contributed by atoms with Crippen molar-refractivity contribution in [1.29, 1.82) is 0 Å². The van der Waals surface area contributed by atoms with Crippen LogP contribution in [-0.4, -0.2) is 40.6 Å². The quantitative estimate of drug-likeness (QED) is 0.894. The summed E-state index contributed by atoms with van der Waals surface area (Å²) >= 11 is 0. The van der Waals surface area contributed by atoms with Crippen LogP contribution in [0, 0.1) is 5.41 Å². The second-order valence-electron chi connectivity index (χ2n) is 8.77. The minimum Gasteiger partial charge on any atom is -0.383 e. The van der Waals surface area contributed by atoms with Gasteiger partial charge in [0.25, 0.3) is 0 Å². The maximum atomic E-state index is 12.3. The van der Waals surface area contributed by atoms with E-state index in [2.05, 4.69) is 25.8 Å². The molecule has 2 rings (SSSR count). The van der Waals surface area contributed by atoms with Crippen molar-refractivity contribution in [2.24, 2.45) is 5.41 Å². The van der Waals surface area contributed by atoms with Gasteiger partial charge < -0.3 is 19.9 Å². The summed E-state index contributed by atoms with van der Waals surface area (Å²) < 4.78 is 19.6. The number of ether oxygens (including phenoxy) is 3. The Morgan fingerprint density at radius 1 is 1.24 bits per heavy atom. The van der Waals surface area contributed by atoms with E-state index >= 15 is 0 Å². The predicted octanol–water partition coefficient (Wildman–Crippen LogP) is 2.36. The van der Waals surface area contributed by atoms with Gasteiger partial charge in [0.05, 0.1) is 11.7 Å². The fraction of sp³-hybridized carbons (Fsp3) is 0.778. The molecule has 1 aromatic heterocycles. The van der Waals surface area contributed by atoms with E-state index in [4.69, 9.17) is 19.9 Å². The average Bonchev–Trinajstić information content (AvgIpc) is 2.72. The number of hydrogen-bond acceptors (Lipinski definition) is 6. The molecule has 1 unspecified atom stereocenters. The third-order valence-electron chi connectivity index (χ3n) is 3.99. The van der Waals surface area contributed by atoms with E-state index in [1.807, 2.05) is 20.8 Å². The SMILES string of the molecule is COC1[C@@H](OC(C)(C)C)[C@@H](CC(C)(C)C)O[C@H]1n1ccc(N)nc1=O. The first-order chi connectivity index (χ1) is 11.4. The van der Waals surface area contributed by atoms with E-state index in [-0.39, 0.29) is 29.0 Å². The summed E-state index contributed by atoms with van der Waals surface area (Å²) in [5.41, 5.74) is 4.82. The van der Waals surface area contributed by atoms with Gasteiger partial charge in [-0.05, 0) is 38.7 Å². The van der Waals surface area contributed by atoms with Crippen LogP contribution in [0.15, 0.2) is 17.1 Å². The summed E-state index contributed by atoms with van der Waals surface area (Å²) in [6.45, 7) is 12.4. The lowest BCUT2D eigenvalue weighted by Crippen LogP contribution is -2.43. The zero-order valence-corrected chi connectivity index (χ0v) is 16.3. The van der Waals surface area contributed by atoms with E-state index in [0.717, 1.165) is 6.42 Å². The molecule has 4 atom stereocenters. The fourth-order valence-corrected chi connectivity index (χ4v) is 3.12. The Labute approximate surface area is 149 Å². The maximum Gasteiger partial charge on any atom is 0.351 e. The van der Waals surface area contributed by atoms with Gasteiger partial charge in [-0.25, -0.2) is 4.79 Å². The Kier molecular flexibility index (Phi) is 5.61. The highest BCUT2D eigenvalue weighted by molar-refractivity contribution is 5.23. The molecule has 0 amide bonds. The monoisotopic (exact) mass is 353 g/mol. The Balaban J connectivity index is 2.39. The third kappa shape index (κ3) is 5.03. The molecule has 7 nitrogen and oxygen atoms in total. The molecule has 142 valence electrons. The lowest BCUT2D eigenvalue weighted by atomic mass is 9.87. The van der Waals surface area contributed by atoms with Crippen LogP contribution < -0.4 is 11.4 Å². The third-order valence-corrected chi connectivity index (χ3v) is 3.99. The molecule has 0 spiro atoms. The lowest BCUT2D eigenvalue weighted by molar-refractivity contribution is -0.124. The first-order valence-electron chi connectivity index (χ1n) is 8.62. The molecular weight excluding hydrogens is 322 g/mol. The molecule has 1 saturated heterocycles. The van der Waals surface area contributed by atoms with Crippen LogP contribution in [0.25, 0.3) is 0 Å². The highest BCUT2D eigenvalue weighted by Crippen LogP contribution is 2.39. The molecule has 1 aliphatic rings. The number of rotatable bonds is 4. The van der Waals surface area contributed by atoms with Gasteiger partial charge in [-0.1, -0.05) is 20.8 Å². The zero-order chi connectivity index (χ0) is 19.0. The summed E-state index contributed by atoms with van der Waals surface area (Å²) in [5.74, 6) is 0.182. The normalized spacial score (nSPS) is 27.6. The van der Waals surface area contributed by atoms with Crippen LogP contribution >= 0.6 is 0 Å². The van der Waals surface area contributed by atoms with Gasteiger partial charge in [-0.3, -0.25) is 4.57 Å². The van der Waals surface area contributed by atoms with Crippen LogP contribution in [0.3, 0.4) is 0 Å². The Morgan fingerprint density at radius 3 is 2.36 bits per heavy atom. The number of nitrogen functional groups attached to an aromatic ring is 1. The number of aromatic nitrogens is 2. The second kappa shape index (κ2) is 7.05. The molecule has 0 aromatic carbocycles. The maximum absolute atomic E-state index is 12.3. The van der Waals surface area contributed by atoms with Crippen molar-refractivity contribution < 1.29 is 14.2 Å². The zero-order valence-electron chi connectivity index (χ0n) is 16.3. The van der Waals surface area contributed by atoms with Crippen LogP contribution in [0.2, 0.25) is 0 Å². The Morgan fingerprint density at radius 2 is 1.88 bits per heavy atom. The second-order valence-corrected chi connectivity index (χ2v) is 8.77.